The Bertz CT molecular complexity index is 261. The average molecular weight is 319 g/mol. The zero-order valence-electron chi connectivity index (χ0n) is 8.81. The van der Waals surface area contributed by atoms with Crippen LogP contribution in [0.2, 0.25) is 0 Å². The molecule has 0 aliphatic rings. The van der Waals surface area contributed by atoms with Crippen LogP contribution >= 0.6 is 0 Å². The van der Waals surface area contributed by atoms with Gasteiger partial charge < -0.3 is 5.11 Å². The van der Waals surface area contributed by atoms with E-state index in [4.69, 9.17) is 10.2 Å². The summed E-state index contributed by atoms with van der Waals surface area (Å²) in [6.07, 6.45) is 2.08. The number of carbonyl (C=O) groups is 1. The molecule has 1 rings (SSSR count). The summed E-state index contributed by atoms with van der Waals surface area (Å²) < 4.78 is 1.30. The molecule has 0 atom stereocenters. The van der Waals surface area contributed by atoms with Crippen LogP contribution in [0.4, 0.5) is 0 Å². The number of carboxylic acids is 1. The number of phenolic OH excluding ortho intramolecular Hbond substituents is 1. The monoisotopic (exact) mass is 318 g/mol. The molecule has 0 aliphatic heterocycles. The molecule has 0 fully saturated rings. The Labute approximate surface area is 104 Å². The quantitative estimate of drug-likeness (QED) is 0.815. The van der Waals surface area contributed by atoms with E-state index < -0.39 is 5.97 Å². The Morgan fingerprint density at radius 2 is 1.87 bits per heavy atom. The fourth-order valence-corrected chi connectivity index (χ4v) is 1.35. The maximum absolute atomic E-state index is 9.76. The van der Waals surface area contributed by atoms with Crippen molar-refractivity contribution in [1.82, 2.24) is 0 Å². The zero-order chi connectivity index (χ0) is 11.7. The van der Waals surface area contributed by atoms with E-state index in [1.54, 1.807) is 12.1 Å². The van der Waals surface area contributed by atoms with Gasteiger partial charge in [-0.05, 0) is 6.42 Å². The van der Waals surface area contributed by atoms with Crippen LogP contribution in [0.1, 0.15) is 26.2 Å². The van der Waals surface area contributed by atoms with Crippen LogP contribution < -0.4 is 3.51 Å². The number of carboxylic acid groups (broad SMARTS) is 1. The molecule has 0 spiro atoms. The Hall–Kier alpha value is -0.692. The normalized spacial score (nSPS) is 8.93. The van der Waals surface area contributed by atoms with Crippen LogP contribution in [-0.2, 0) is 4.79 Å². The third-order valence-electron chi connectivity index (χ3n) is 1.64. The molecule has 1 aromatic carbocycles. The number of benzene rings is 1. The summed E-state index contributed by atoms with van der Waals surface area (Å²) >= 11 is 1.12. The predicted octanol–water partition coefficient (Wildman–Crippen LogP) is 0.912. The van der Waals surface area contributed by atoms with Crippen LogP contribution in [0.5, 0.6) is 5.75 Å². The van der Waals surface area contributed by atoms with Gasteiger partial charge in [-0.1, -0.05) is 13.3 Å². The topological polar surface area (TPSA) is 57.5 Å². The van der Waals surface area contributed by atoms with E-state index in [0.717, 1.165) is 35.9 Å². The van der Waals surface area contributed by atoms with E-state index in [9.17, 15) is 4.79 Å². The number of aromatic hydroxyl groups is 1. The Morgan fingerprint density at radius 1 is 1.33 bits per heavy atom. The molecule has 0 unspecified atom stereocenters. The van der Waals surface area contributed by atoms with Gasteiger partial charge in [-0.2, -0.15) is 0 Å². The standard InChI is InChI=1S/C6H5O.C5H10O2.Sb.2H/c7-6-4-2-1-3-5-6;1-2-3-4-5(6)7;;;/h2-5,7H;2-4H2,1H3,(H,6,7);;;. The van der Waals surface area contributed by atoms with Gasteiger partial charge in [0.05, 0.1) is 0 Å². The fraction of sp³-hybridized carbons (Fsp3) is 0.364. The molecule has 0 saturated carbocycles. The van der Waals surface area contributed by atoms with Crippen molar-refractivity contribution in [2.45, 2.75) is 26.2 Å². The molecule has 0 aliphatic carbocycles. The van der Waals surface area contributed by atoms with Crippen molar-refractivity contribution in [2.24, 2.45) is 0 Å². The molecule has 15 heavy (non-hydrogen) atoms. The van der Waals surface area contributed by atoms with E-state index in [1.807, 2.05) is 19.1 Å². The van der Waals surface area contributed by atoms with E-state index in [-0.39, 0.29) is 0 Å². The first-order valence-electron chi connectivity index (χ1n) is 4.82. The van der Waals surface area contributed by atoms with E-state index in [2.05, 4.69) is 0 Å². The molecule has 3 nitrogen and oxygen atoms in total. The average Bonchev–Trinajstić information content (AvgIpc) is 2.20. The molecule has 0 bridgehead atoms. The van der Waals surface area contributed by atoms with Crippen LogP contribution in [0.25, 0.3) is 0 Å². The second-order valence-corrected chi connectivity index (χ2v) is 4.99. The SMILES string of the molecule is CCCCC(=O)O.Oc1cc[c]([SbH2])cc1. The molecule has 2 N–H and O–H groups in total. The van der Waals surface area contributed by atoms with Crippen LogP contribution in [-0.4, -0.2) is 39.2 Å². The van der Waals surface area contributed by atoms with Crippen molar-refractivity contribution in [2.75, 3.05) is 0 Å². The Kier molecular flexibility index (Phi) is 8.21. The molecular formula is C11H17O3Sb. The number of hydrogen-bond acceptors (Lipinski definition) is 2. The van der Waals surface area contributed by atoms with Crippen molar-refractivity contribution in [3.05, 3.63) is 24.3 Å². The first kappa shape index (κ1) is 14.3. The number of hydrogen-bond donors (Lipinski definition) is 2. The van der Waals surface area contributed by atoms with Gasteiger partial charge in [0.1, 0.15) is 0 Å². The summed E-state index contributed by atoms with van der Waals surface area (Å²) in [4.78, 5) is 9.76. The van der Waals surface area contributed by atoms with E-state index in [0.29, 0.717) is 12.2 Å². The minimum atomic E-state index is -0.693. The Balaban J connectivity index is 0.000000265. The van der Waals surface area contributed by atoms with Crippen molar-refractivity contribution < 1.29 is 15.0 Å². The fourth-order valence-electron chi connectivity index (χ4n) is 0.802. The van der Waals surface area contributed by atoms with Gasteiger partial charge in [0.15, 0.2) is 0 Å². The number of unbranched alkanes of at least 4 members (excludes halogenated alkanes) is 1. The molecule has 0 radical (unpaired) electrons. The Morgan fingerprint density at radius 3 is 2.13 bits per heavy atom. The molecule has 0 amide bonds. The molecule has 84 valence electrons. The number of rotatable bonds is 3. The molecule has 0 saturated heterocycles. The first-order valence-corrected chi connectivity index (χ1v) is 6.47. The molecular weight excluding hydrogens is 302 g/mol. The van der Waals surface area contributed by atoms with Gasteiger partial charge in [0.2, 0.25) is 0 Å². The summed E-state index contributed by atoms with van der Waals surface area (Å²) in [5, 5.41) is 16.8. The van der Waals surface area contributed by atoms with Gasteiger partial charge >= 0.3 is 67.6 Å². The maximum atomic E-state index is 9.76. The summed E-state index contributed by atoms with van der Waals surface area (Å²) in [6, 6.07) is 7.27. The van der Waals surface area contributed by atoms with Crippen LogP contribution in [0, 0.1) is 0 Å². The summed E-state index contributed by atoms with van der Waals surface area (Å²) in [5.74, 6) is -0.343. The van der Waals surface area contributed by atoms with Gasteiger partial charge in [0, 0.05) is 6.42 Å². The predicted molar refractivity (Wildman–Crippen MR) is 63.4 cm³/mol. The van der Waals surface area contributed by atoms with Crippen molar-refractivity contribution in [3.63, 3.8) is 0 Å². The summed E-state index contributed by atoms with van der Waals surface area (Å²) in [7, 11) is 0. The van der Waals surface area contributed by atoms with Crippen molar-refractivity contribution in [1.29, 1.82) is 0 Å². The van der Waals surface area contributed by atoms with Gasteiger partial charge in [-0.15, -0.1) is 0 Å². The summed E-state index contributed by atoms with van der Waals surface area (Å²) in [5.41, 5.74) is 0. The zero-order valence-corrected chi connectivity index (χ0v) is 12.1. The van der Waals surface area contributed by atoms with Crippen LogP contribution in [0.3, 0.4) is 0 Å². The second-order valence-electron chi connectivity index (χ2n) is 3.09. The van der Waals surface area contributed by atoms with Crippen LogP contribution in [0.15, 0.2) is 24.3 Å². The first-order chi connectivity index (χ1) is 7.06. The molecule has 1 aromatic rings. The molecule has 0 aromatic heterocycles. The molecule has 4 heteroatoms. The minimum absolute atomic E-state index is 0.316. The number of aliphatic carboxylic acids is 1. The summed E-state index contributed by atoms with van der Waals surface area (Å²) in [6.45, 7) is 1.98. The van der Waals surface area contributed by atoms with Gasteiger partial charge in [0.25, 0.3) is 0 Å². The number of phenols is 1. The molecule has 0 heterocycles. The van der Waals surface area contributed by atoms with E-state index >= 15 is 0 Å². The van der Waals surface area contributed by atoms with Crippen molar-refractivity contribution in [3.8, 4) is 5.75 Å². The van der Waals surface area contributed by atoms with Gasteiger partial charge in [-0.25, -0.2) is 0 Å². The van der Waals surface area contributed by atoms with E-state index in [1.165, 1.54) is 3.51 Å². The second kappa shape index (κ2) is 8.60. The third kappa shape index (κ3) is 9.61. The van der Waals surface area contributed by atoms with Gasteiger partial charge in [-0.3, -0.25) is 4.79 Å². The third-order valence-corrected chi connectivity index (χ3v) is 2.74. The van der Waals surface area contributed by atoms with Crippen molar-refractivity contribution >= 4 is 32.5 Å².